The number of fused-ring (bicyclic) bond motifs is 4. The highest BCUT2D eigenvalue weighted by Crippen LogP contribution is 2.66. The van der Waals surface area contributed by atoms with E-state index in [-0.39, 0.29) is 30.0 Å². The Labute approximate surface area is 207 Å². The molecule has 1 aromatic rings. The third-order valence-corrected chi connectivity index (χ3v) is 9.44. The molecule has 2 fully saturated rings. The zero-order chi connectivity index (χ0) is 25.0. The van der Waals surface area contributed by atoms with Crippen LogP contribution in [0.25, 0.3) is 0 Å². The van der Waals surface area contributed by atoms with Crippen molar-refractivity contribution < 1.29 is 24.2 Å². The maximum absolute atomic E-state index is 13.2. The Hall–Kier alpha value is -2.73. The van der Waals surface area contributed by atoms with Gasteiger partial charge in [-0.15, -0.1) is 0 Å². The molecule has 0 amide bonds. The predicted molar refractivity (Wildman–Crippen MR) is 133 cm³/mol. The van der Waals surface area contributed by atoms with Gasteiger partial charge >= 0.3 is 0 Å². The second-order valence-corrected chi connectivity index (χ2v) is 11.2. The first-order chi connectivity index (χ1) is 16.7. The number of benzene rings is 1. The SMILES string of the molecule is CN(C)c1ccc([C@H]2C[C@@]3(C)C(CC[C@]3(O)C(=O)COC=O)C3CCC4=CC(=O)CCC4=C32)cc1. The molecule has 0 bridgehead atoms. The quantitative estimate of drug-likeness (QED) is 0.621. The van der Waals surface area contributed by atoms with Crippen LogP contribution in [0.3, 0.4) is 0 Å². The highest BCUT2D eigenvalue weighted by atomic mass is 16.5. The van der Waals surface area contributed by atoms with E-state index in [9.17, 15) is 19.5 Å². The molecule has 186 valence electrons. The Balaban J connectivity index is 1.63. The molecule has 4 aliphatic carbocycles. The van der Waals surface area contributed by atoms with E-state index < -0.39 is 23.4 Å². The number of anilines is 1. The van der Waals surface area contributed by atoms with Gasteiger partial charge in [0.05, 0.1) is 0 Å². The molecule has 35 heavy (non-hydrogen) atoms. The van der Waals surface area contributed by atoms with Gasteiger partial charge in [-0.3, -0.25) is 14.4 Å². The average molecular weight is 478 g/mol. The molecule has 0 saturated heterocycles. The second kappa shape index (κ2) is 8.74. The predicted octanol–water partition coefficient (Wildman–Crippen LogP) is 4.13. The third-order valence-electron chi connectivity index (χ3n) is 9.44. The number of carbonyl (C=O) groups is 3. The van der Waals surface area contributed by atoms with Crippen molar-refractivity contribution in [3.63, 3.8) is 0 Å². The van der Waals surface area contributed by atoms with E-state index in [0.29, 0.717) is 19.3 Å². The lowest BCUT2D eigenvalue weighted by molar-refractivity contribution is -0.161. The van der Waals surface area contributed by atoms with E-state index in [1.54, 1.807) is 0 Å². The molecule has 6 heteroatoms. The van der Waals surface area contributed by atoms with Crippen LogP contribution >= 0.6 is 0 Å². The fraction of sp³-hybridized carbons (Fsp3) is 0.552. The minimum Gasteiger partial charge on any atom is -0.460 e. The zero-order valence-electron chi connectivity index (χ0n) is 20.9. The molecule has 6 nitrogen and oxygen atoms in total. The van der Waals surface area contributed by atoms with Crippen molar-refractivity contribution in [3.8, 4) is 0 Å². The molecular formula is C29H35NO5. The summed E-state index contributed by atoms with van der Waals surface area (Å²) in [6.07, 6.45) is 6.80. The van der Waals surface area contributed by atoms with Gasteiger partial charge in [0.1, 0.15) is 5.60 Å². The van der Waals surface area contributed by atoms with Gasteiger partial charge in [0.15, 0.2) is 12.4 Å². The third kappa shape index (κ3) is 3.68. The summed E-state index contributed by atoms with van der Waals surface area (Å²) >= 11 is 0. The van der Waals surface area contributed by atoms with Crippen molar-refractivity contribution in [1.29, 1.82) is 0 Å². The number of Topliss-reactive ketones (excluding diaryl/α,β-unsaturated/α-hetero) is 1. The summed E-state index contributed by atoms with van der Waals surface area (Å²) in [4.78, 5) is 38.2. The van der Waals surface area contributed by atoms with Crippen LogP contribution in [-0.4, -0.2) is 49.4 Å². The Morgan fingerprint density at radius 3 is 2.60 bits per heavy atom. The Morgan fingerprint density at radius 1 is 1.17 bits per heavy atom. The van der Waals surface area contributed by atoms with Gasteiger partial charge in [0, 0.05) is 37.5 Å². The summed E-state index contributed by atoms with van der Waals surface area (Å²) in [6.45, 7) is 1.95. The Morgan fingerprint density at radius 2 is 1.91 bits per heavy atom. The number of allylic oxidation sites excluding steroid dienone is 4. The Kier molecular flexibility index (Phi) is 5.99. The topological polar surface area (TPSA) is 83.9 Å². The van der Waals surface area contributed by atoms with E-state index in [4.69, 9.17) is 4.74 Å². The summed E-state index contributed by atoms with van der Waals surface area (Å²) in [6, 6.07) is 8.59. The fourth-order valence-electron chi connectivity index (χ4n) is 7.66. The molecule has 2 saturated carbocycles. The summed E-state index contributed by atoms with van der Waals surface area (Å²) in [5, 5.41) is 11.9. The molecule has 0 heterocycles. The van der Waals surface area contributed by atoms with Gasteiger partial charge in [-0.2, -0.15) is 0 Å². The van der Waals surface area contributed by atoms with Crippen molar-refractivity contribution >= 4 is 23.7 Å². The maximum Gasteiger partial charge on any atom is 0.293 e. The van der Waals surface area contributed by atoms with Crippen molar-refractivity contribution in [3.05, 3.63) is 52.6 Å². The fourth-order valence-corrected chi connectivity index (χ4v) is 7.66. The lowest BCUT2D eigenvalue weighted by Gasteiger charge is -2.54. The number of hydrogen-bond donors (Lipinski definition) is 1. The molecule has 0 aromatic heterocycles. The van der Waals surface area contributed by atoms with Crippen molar-refractivity contribution in [1.82, 2.24) is 0 Å². The number of ether oxygens (including phenoxy) is 1. The minimum atomic E-state index is -1.52. The summed E-state index contributed by atoms with van der Waals surface area (Å²) < 4.78 is 4.79. The number of ketones is 2. The smallest absolute Gasteiger partial charge is 0.293 e. The average Bonchev–Trinajstić information content (AvgIpc) is 3.13. The molecule has 5 rings (SSSR count). The van der Waals surface area contributed by atoms with E-state index in [1.165, 1.54) is 22.3 Å². The zero-order valence-corrected chi connectivity index (χ0v) is 20.9. The maximum atomic E-state index is 13.2. The van der Waals surface area contributed by atoms with E-state index in [0.717, 1.165) is 31.4 Å². The summed E-state index contributed by atoms with van der Waals surface area (Å²) in [5.74, 6) is 0.320. The van der Waals surface area contributed by atoms with Crippen LogP contribution in [0.15, 0.2) is 47.1 Å². The lowest BCUT2D eigenvalue weighted by Crippen LogP contribution is -2.56. The molecule has 1 N–H and O–H groups in total. The highest BCUT2D eigenvalue weighted by molar-refractivity contribution is 5.93. The van der Waals surface area contributed by atoms with Gasteiger partial charge in [-0.1, -0.05) is 24.6 Å². The number of rotatable bonds is 6. The van der Waals surface area contributed by atoms with Crippen molar-refractivity contribution in [2.45, 2.75) is 63.4 Å². The molecule has 0 aliphatic heterocycles. The van der Waals surface area contributed by atoms with Crippen LogP contribution in [0.4, 0.5) is 5.69 Å². The van der Waals surface area contributed by atoms with Crippen LogP contribution < -0.4 is 4.90 Å². The lowest BCUT2D eigenvalue weighted by atomic mass is 9.50. The van der Waals surface area contributed by atoms with Crippen LogP contribution in [0.2, 0.25) is 0 Å². The standard InChI is InChI=1S/C29H35NO5/c1-28-15-24(18-4-7-20(8-5-18)30(2)3)27-22-11-9-21(32)14-19(22)6-10-23(27)25(28)12-13-29(28,34)26(33)16-35-17-31/h4-5,7-8,14,17,23-25,34H,6,9-13,15-16H2,1-3H3/t23?,24-,25?,28+,29+/m1/s1. The van der Waals surface area contributed by atoms with E-state index in [1.807, 2.05) is 20.2 Å². The van der Waals surface area contributed by atoms with Crippen molar-refractivity contribution in [2.75, 3.05) is 25.6 Å². The Bertz CT molecular complexity index is 1120. The second-order valence-electron chi connectivity index (χ2n) is 11.2. The summed E-state index contributed by atoms with van der Waals surface area (Å²) in [7, 11) is 4.04. The first-order valence-electron chi connectivity index (χ1n) is 12.7. The van der Waals surface area contributed by atoms with E-state index >= 15 is 0 Å². The number of aliphatic hydroxyl groups is 1. The molecule has 5 atom stereocenters. The van der Waals surface area contributed by atoms with Gasteiger partial charge in [0.2, 0.25) is 5.78 Å². The van der Waals surface area contributed by atoms with Gasteiger partial charge in [0.25, 0.3) is 6.47 Å². The van der Waals surface area contributed by atoms with Gasteiger partial charge < -0.3 is 14.7 Å². The number of carbonyl (C=O) groups excluding carboxylic acids is 3. The number of hydrogen-bond acceptors (Lipinski definition) is 6. The van der Waals surface area contributed by atoms with Gasteiger partial charge in [-0.25, -0.2) is 0 Å². The molecule has 2 unspecified atom stereocenters. The largest absolute Gasteiger partial charge is 0.460 e. The normalized spacial score (nSPS) is 33.9. The molecule has 1 aromatic carbocycles. The van der Waals surface area contributed by atoms with Gasteiger partial charge in [-0.05, 0) is 85.3 Å². The van der Waals surface area contributed by atoms with Crippen LogP contribution in [0.1, 0.15) is 63.4 Å². The molecule has 0 spiro atoms. The first-order valence-corrected chi connectivity index (χ1v) is 12.7. The first kappa shape index (κ1) is 24.0. The van der Waals surface area contributed by atoms with Crippen LogP contribution in [-0.2, 0) is 19.1 Å². The monoisotopic (exact) mass is 477 g/mol. The molecule has 0 radical (unpaired) electrons. The van der Waals surface area contributed by atoms with Crippen molar-refractivity contribution in [2.24, 2.45) is 17.3 Å². The van der Waals surface area contributed by atoms with Crippen LogP contribution in [0, 0.1) is 17.3 Å². The molecule has 4 aliphatic rings. The summed E-state index contributed by atoms with van der Waals surface area (Å²) in [5.41, 5.74) is 4.13. The minimum absolute atomic E-state index is 0.0637. The highest BCUT2D eigenvalue weighted by Gasteiger charge is 2.65. The van der Waals surface area contributed by atoms with E-state index in [2.05, 4.69) is 36.1 Å². The number of nitrogens with zero attached hydrogens (tertiary/aromatic N) is 1. The molecular weight excluding hydrogens is 442 g/mol. The van der Waals surface area contributed by atoms with Crippen LogP contribution in [0.5, 0.6) is 0 Å².